The van der Waals surface area contributed by atoms with Gasteiger partial charge in [0.05, 0.1) is 11.4 Å². The van der Waals surface area contributed by atoms with Gasteiger partial charge in [-0.1, -0.05) is 36.4 Å². The summed E-state index contributed by atoms with van der Waals surface area (Å²) in [5, 5.41) is 2.12. The van der Waals surface area contributed by atoms with Crippen LogP contribution in [0.15, 0.2) is 65.1 Å². The molecule has 0 spiro atoms. The first-order valence-corrected chi connectivity index (χ1v) is 9.67. The molecule has 0 aliphatic rings. The second kappa shape index (κ2) is 8.10. The molecule has 0 aliphatic carbocycles. The topological polar surface area (TPSA) is 72.2 Å². The molecule has 0 fully saturated rings. The lowest BCUT2D eigenvalue weighted by atomic mass is 10.2. The van der Waals surface area contributed by atoms with Crippen molar-refractivity contribution in [1.29, 1.82) is 0 Å². The Morgan fingerprint density at radius 1 is 1.12 bits per heavy atom. The van der Waals surface area contributed by atoms with Gasteiger partial charge in [0.2, 0.25) is 11.8 Å². The molecule has 5 nitrogen and oxygen atoms in total. The number of carbonyl (C=O) groups excluding carboxylic acids is 1. The standard InChI is InChI=1S/C20H20N2O3S/c1-14-18(22-20(25-14)16-9-5-3-6-10-16)13-26(24)15(2)19(23)21-17-11-7-4-8-12-17/h3-12,15H,13H2,1-2H3,(H,21,23). The number of hydrogen-bond acceptors (Lipinski definition) is 4. The predicted octanol–water partition coefficient (Wildman–Crippen LogP) is 3.93. The maximum absolute atomic E-state index is 12.6. The Balaban J connectivity index is 1.67. The zero-order valence-corrected chi connectivity index (χ0v) is 15.5. The normalized spacial score (nSPS) is 13.2. The first-order valence-electron chi connectivity index (χ1n) is 8.29. The van der Waals surface area contributed by atoms with Gasteiger partial charge >= 0.3 is 0 Å². The van der Waals surface area contributed by atoms with Crippen LogP contribution < -0.4 is 5.32 Å². The minimum absolute atomic E-state index is 0.172. The van der Waals surface area contributed by atoms with E-state index in [1.165, 1.54) is 0 Å². The van der Waals surface area contributed by atoms with E-state index < -0.39 is 16.0 Å². The van der Waals surface area contributed by atoms with Gasteiger partial charge < -0.3 is 9.73 Å². The first-order chi connectivity index (χ1) is 12.5. The quantitative estimate of drug-likeness (QED) is 0.716. The largest absolute Gasteiger partial charge is 0.441 e. The van der Waals surface area contributed by atoms with E-state index in [2.05, 4.69) is 10.3 Å². The zero-order valence-electron chi connectivity index (χ0n) is 14.6. The number of rotatable bonds is 6. The lowest BCUT2D eigenvalue weighted by Crippen LogP contribution is -2.29. The number of amides is 1. The molecule has 3 rings (SSSR count). The van der Waals surface area contributed by atoms with Crippen molar-refractivity contribution in [3.05, 3.63) is 72.1 Å². The minimum Gasteiger partial charge on any atom is -0.441 e. The summed E-state index contributed by atoms with van der Waals surface area (Å²) in [7, 11) is -1.41. The molecule has 0 bridgehead atoms. The molecule has 2 atom stereocenters. The smallest absolute Gasteiger partial charge is 0.239 e. The van der Waals surface area contributed by atoms with Crippen molar-refractivity contribution in [2.24, 2.45) is 0 Å². The average molecular weight is 368 g/mol. The molecule has 1 aromatic heterocycles. The number of aryl methyl sites for hydroxylation is 1. The molecule has 134 valence electrons. The van der Waals surface area contributed by atoms with E-state index in [0.29, 0.717) is 23.0 Å². The summed E-state index contributed by atoms with van der Waals surface area (Å²) in [5.74, 6) is 1.01. The number of oxazole rings is 1. The van der Waals surface area contributed by atoms with Crippen LogP contribution in [-0.4, -0.2) is 20.3 Å². The Morgan fingerprint density at radius 2 is 1.73 bits per heavy atom. The molecule has 0 saturated heterocycles. The summed E-state index contributed by atoms with van der Waals surface area (Å²) in [6, 6.07) is 18.7. The number of carbonyl (C=O) groups is 1. The van der Waals surface area contributed by atoms with E-state index in [1.807, 2.05) is 48.5 Å². The average Bonchev–Trinajstić information content (AvgIpc) is 3.03. The van der Waals surface area contributed by atoms with Crippen molar-refractivity contribution in [3.8, 4) is 11.5 Å². The highest BCUT2D eigenvalue weighted by atomic mass is 32.2. The maximum atomic E-state index is 12.6. The Kier molecular flexibility index (Phi) is 5.63. The van der Waals surface area contributed by atoms with Gasteiger partial charge in [-0.3, -0.25) is 9.00 Å². The molecule has 0 radical (unpaired) electrons. The molecular formula is C20H20N2O3S. The second-order valence-electron chi connectivity index (χ2n) is 5.91. The van der Waals surface area contributed by atoms with Crippen molar-refractivity contribution in [3.63, 3.8) is 0 Å². The van der Waals surface area contributed by atoms with E-state index in [0.717, 1.165) is 5.56 Å². The van der Waals surface area contributed by atoms with Crippen LogP contribution in [0.5, 0.6) is 0 Å². The van der Waals surface area contributed by atoms with Crippen LogP contribution in [0, 0.1) is 6.92 Å². The third-order valence-electron chi connectivity index (χ3n) is 4.00. The van der Waals surface area contributed by atoms with Gasteiger partial charge in [-0.05, 0) is 38.1 Å². The van der Waals surface area contributed by atoms with Crippen molar-refractivity contribution < 1.29 is 13.4 Å². The number of para-hydroxylation sites is 1. The highest BCUT2D eigenvalue weighted by Gasteiger charge is 2.23. The van der Waals surface area contributed by atoms with Gasteiger partial charge in [0.25, 0.3) is 0 Å². The third-order valence-corrected chi connectivity index (χ3v) is 5.56. The van der Waals surface area contributed by atoms with Crippen molar-refractivity contribution in [2.75, 3.05) is 5.32 Å². The molecule has 1 amide bonds. The van der Waals surface area contributed by atoms with Gasteiger partial charge in [0.15, 0.2) is 0 Å². The fraction of sp³-hybridized carbons (Fsp3) is 0.200. The number of aromatic nitrogens is 1. The number of nitrogens with one attached hydrogen (secondary N) is 1. The molecule has 6 heteroatoms. The van der Waals surface area contributed by atoms with Gasteiger partial charge in [-0.2, -0.15) is 0 Å². The summed E-state index contributed by atoms with van der Waals surface area (Å²) in [6.07, 6.45) is 0. The molecule has 3 aromatic rings. The minimum atomic E-state index is -1.41. The van der Waals surface area contributed by atoms with Crippen LogP contribution >= 0.6 is 0 Å². The number of hydrogen-bond donors (Lipinski definition) is 1. The number of benzene rings is 2. The molecule has 1 N–H and O–H groups in total. The molecular weight excluding hydrogens is 348 g/mol. The summed E-state index contributed by atoms with van der Waals surface area (Å²) in [6.45, 7) is 3.45. The number of nitrogens with zero attached hydrogens (tertiary/aromatic N) is 1. The fourth-order valence-electron chi connectivity index (χ4n) is 2.41. The van der Waals surface area contributed by atoms with Crippen molar-refractivity contribution >= 4 is 22.4 Å². The van der Waals surface area contributed by atoms with Gasteiger partial charge in [0, 0.05) is 22.1 Å². The lowest BCUT2D eigenvalue weighted by molar-refractivity contribution is -0.115. The van der Waals surface area contributed by atoms with Crippen LogP contribution in [0.25, 0.3) is 11.5 Å². The molecule has 1 heterocycles. The van der Waals surface area contributed by atoms with E-state index in [4.69, 9.17) is 4.42 Å². The Labute approximate surface area is 154 Å². The Hall–Kier alpha value is -2.73. The predicted molar refractivity (Wildman–Crippen MR) is 103 cm³/mol. The van der Waals surface area contributed by atoms with Crippen molar-refractivity contribution in [1.82, 2.24) is 4.98 Å². The summed E-state index contributed by atoms with van der Waals surface area (Å²) < 4.78 is 18.3. The van der Waals surface area contributed by atoms with Crippen LogP contribution in [-0.2, 0) is 21.3 Å². The third kappa shape index (κ3) is 4.26. The van der Waals surface area contributed by atoms with Gasteiger partial charge in [0.1, 0.15) is 11.0 Å². The van der Waals surface area contributed by atoms with Crippen LogP contribution in [0.2, 0.25) is 0 Å². The molecule has 0 saturated carbocycles. The van der Waals surface area contributed by atoms with E-state index in [1.54, 1.807) is 26.0 Å². The van der Waals surface area contributed by atoms with Gasteiger partial charge in [-0.15, -0.1) is 0 Å². The summed E-state index contributed by atoms with van der Waals surface area (Å²) in [4.78, 5) is 16.8. The second-order valence-corrected chi connectivity index (χ2v) is 7.67. The summed E-state index contributed by atoms with van der Waals surface area (Å²) >= 11 is 0. The van der Waals surface area contributed by atoms with E-state index >= 15 is 0 Å². The zero-order chi connectivity index (χ0) is 18.5. The van der Waals surface area contributed by atoms with E-state index in [-0.39, 0.29) is 11.7 Å². The lowest BCUT2D eigenvalue weighted by Gasteiger charge is -2.11. The Bertz CT molecular complexity index is 907. The molecule has 2 unspecified atom stereocenters. The Morgan fingerprint density at radius 3 is 2.38 bits per heavy atom. The first kappa shape index (κ1) is 18.1. The van der Waals surface area contributed by atoms with Crippen molar-refractivity contribution in [2.45, 2.75) is 24.9 Å². The van der Waals surface area contributed by atoms with Crippen LogP contribution in [0.1, 0.15) is 18.4 Å². The molecule has 0 aliphatic heterocycles. The highest BCUT2D eigenvalue weighted by Crippen LogP contribution is 2.22. The number of anilines is 1. The summed E-state index contributed by atoms with van der Waals surface area (Å²) in [5.41, 5.74) is 2.16. The van der Waals surface area contributed by atoms with Crippen LogP contribution in [0.4, 0.5) is 5.69 Å². The fourth-order valence-corrected chi connectivity index (χ4v) is 3.50. The van der Waals surface area contributed by atoms with Gasteiger partial charge in [-0.25, -0.2) is 4.98 Å². The monoisotopic (exact) mass is 368 g/mol. The van der Waals surface area contributed by atoms with Crippen LogP contribution in [0.3, 0.4) is 0 Å². The maximum Gasteiger partial charge on any atom is 0.239 e. The SMILES string of the molecule is Cc1oc(-c2ccccc2)nc1CS(=O)C(C)C(=O)Nc1ccccc1. The molecule has 2 aromatic carbocycles. The van der Waals surface area contributed by atoms with E-state index in [9.17, 15) is 9.00 Å². The molecule has 26 heavy (non-hydrogen) atoms. The highest BCUT2D eigenvalue weighted by molar-refractivity contribution is 7.85.